The summed E-state index contributed by atoms with van der Waals surface area (Å²) in [6.07, 6.45) is -3.01. The number of likely N-dealkylation sites (N-methyl/N-ethyl adjacent to an activating group) is 1. The van der Waals surface area contributed by atoms with Crippen molar-refractivity contribution in [1.82, 2.24) is 10.2 Å². The molecule has 0 saturated carbocycles. The van der Waals surface area contributed by atoms with E-state index in [4.69, 9.17) is 9.47 Å². The number of benzene rings is 2. The van der Waals surface area contributed by atoms with E-state index in [2.05, 4.69) is 29.1 Å². The monoisotopic (exact) mass is 538 g/mol. The Morgan fingerprint density at radius 3 is 2.46 bits per heavy atom. The molecule has 2 aromatic rings. The molecule has 2 aromatic carbocycles. The number of nitro benzene ring substituents is 1. The summed E-state index contributed by atoms with van der Waals surface area (Å²) in [5.74, 6) is 0.341. The van der Waals surface area contributed by atoms with Crippen LogP contribution >= 0.6 is 11.8 Å². The maximum absolute atomic E-state index is 13.0. The highest BCUT2D eigenvalue weighted by molar-refractivity contribution is 8.18. The molecule has 1 N–H and O–H groups in total. The minimum atomic E-state index is -4.74. The predicted octanol–water partition coefficient (Wildman–Crippen LogP) is 5.95. The van der Waals surface area contributed by atoms with Crippen LogP contribution in [0.1, 0.15) is 25.0 Å². The van der Waals surface area contributed by atoms with Gasteiger partial charge in [0.05, 0.1) is 29.0 Å². The maximum atomic E-state index is 13.0. The van der Waals surface area contributed by atoms with Gasteiger partial charge in [0.25, 0.3) is 5.24 Å². The lowest BCUT2D eigenvalue weighted by Gasteiger charge is -2.16. The van der Waals surface area contributed by atoms with Crippen molar-refractivity contribution in [2.24, 2.45) is 4.99 Å². The number of carbonyl (C=O) groups excluding carboxylic acids is 1. The third-order valence-electron chi connectivity index (χ3n) is 5.43. The normalized spacial score (nSPS) is 15.9. The molecule has 0 bridgehead atoms. The van der Waals surface area contributed by atoms with E-state index in [0.717, 1.165) is 37.5 Å². The number of carbonyl (C=O) groups is 1. The first-order valence-corrected chi connectivity index (χ1v) is 12.1. The number of rotatable bonds is 10. The van der Waals surface area contributed by atoms with Crippen molar-refractivity contribution in [3.05, 3.63) is 62.5 Å². The fourth-order valence-electron chi connectivity index (χ4n) is 3.44. The zero-order chi connectivity index (χ0) is 27.2. The second-order valence-electron chi connectivity index (χ2n) is 7.73. The smallest absolute Gasteiger partial charge is 0.416 e. The number of nitrogens with zero attached hydrogens (tertiary/aromatic N) is 3. The number of ether oxygens (including phenoxy) is 2. The quantitative estimate of drug-likeness (QED) is 0.294. The van der Waals surface area contributed by atoms with Gasteiger partial charge in [-0.15, -0.1) is 0 Å². The number of nitrogens with one attached hydrogen (secondary N) is 1. The zero-order valence-corrected chi connectivity index (χ0v) is 21.1. The number of thioether (sulfide) groups is 1. The number of aliphatic imine (C=N–C) groups is 1. The lowest BCUT2D eigenvalue weighted by molar-refractivity contribution is -0.385. The molecule has 37 heavy (non-hydrogen) atoms. The molecule has 0 spiro atoms. The van der Waals surface area contributed by atoms with Crippen LogP contribution in [0.5, 0.6) is 17.2 Å². The Morgan fingerprint density at radius 2 is 1.84 bits per heavy atom. The van der Waals surface area contributed by atoms with E-state index in [0.29, 0.717) is 35.0 Å². The van der Waals surface area contributed by atoms with Crippen LogP contribution in [0.3, 0.4) is 0 Å². The summed E-state index contributed by atoms with van der Waals surface area (Å²) in [6.45, 7) is 7.18. The first-order chi connectivity index (χ1) is 17.5. The Kier molecular flexibility index (Phi) is 9.16. The molecular formula is C24H25F3N4O5S. The maximum Gasteiger partial charge on any atom is 0.416 e. The van der Waals surface area contributed by atoms with Crippen LogP contribution in [0.2, 0.25) is 0 Å². The van der Waals surface area contributed by atoms with E-state index in [1.54, 1.807) is 18.2 Å². The number of hydrogen-bond acceptors (Lipinski definition) is 8. The third-order valence-corrected chi connectivity index (χ3v) is 6.24. The number of alkyl halides is 3. The van der Waals surface area contributed by atoms with Crippen molar-refractivity contribution < 1.29 is 32.4 Å². The third kappa shape index (κ3) is 7.23. The van der Waals surface area contributed by atoms with Crippen LogP contribution in [-0.4, -0.2) is 54.2 Å². The molecule has 3 rings (SSSR count). The number of hydrogen-bond donors (Lipinski definition) is 1. The molecule has 13 heteroatoms. The van der Waals surface area contributed by atoms with Crippen molar-refractivity contribution >= 4 is 34.6 Å². The number of methoxy groups -OCH3 is 1. The van der Waals surface area contributed by atoms with Gasteiger partial charge in [-0.2, -0.15) is 13.2 Å². The Balaban J connectivity index is 1.86. The van der Waals surface area contributed by atoms with Crippen molar-refractivity contribution in [3.63, 3.8) is 0 Å². The number of amides is 1. The van der Waals surface area contributed by atoms with Crippen molar-refractivity contribution in [1.29, 1.82) is 0 Å². The van der Waals surface area contributed by atoms with Crippen LogP contribution in [0, 0.1) is 10.1 Å². The summed E-state index contributed by atoms with van der Waals surface area (Å²) in [5.41, 5.74) is -1.37. The largest absolute Gasteiger partial charge is 0.493 e. The molecular weight excluding hydrogens is 513 g/mol. The van der Waals surface area contributed by atoms with Crippen LogP contribution < -0.4 is 14.8 Å². The molecule has 0 aliphatic carbocycles. The molecule has 0 radical (unpaired) electrons. The van der Waals surface area contributed by atoms with Crippen molar-refractivity contribution in [2.45, 2.75) is 20.0 Å². The highest BCUT2D eigenvalue weighted by Gasteiger charge is 2.33. The average Bonchev–Trinajstić information content (AvgIpc) is 3.20. The van der Waals surface area contributed by atoms with E-state index in [9.17, 15) is 28.1 Å². The number of amidine groups is 1. The lowest BCUT2D eigenvalue weighted by atomic mass is 10.1. The van der Waals surface area contributed by atoms with Crippen LogP contribution in [0.4, 0.5) is 23.7 Å². The van der Waals surface area contributed by atoms with Gasteiger partial charge in [-0.3, -0.25) is 19.9 Å². The van der Waals surface area contributed by atoms with Crippen LogP contribution in [0.25, 0.3) is 6.08 Å². The molecule has 1 amide bonds. The standard InChI is InChI=1S/C24H25F3N4O5S/c1-4-30(5-2)11-10-28-22-21(37-23(32)29-22)13-15-6-8-19(20(12-15)35-3)36-18-9-7-16(24(25,26)27)14-17(18)31(33)34/h6-9,12-14H,4-5,10-11H2,1-3H3,(H,28,29,32). The minimum Gasteiger partial charge on any atom is -0.493 e. The van der Waals surface area contributed by atoms with Gasteiger partial charge in [0.15, 0.2) is 11.5 Å². The van der Waals surface area contributed by atoms with Crippen LogP contribution in [0.15, 0.2) is 46.3 Å². The summed E-state index contributed by atoms with van der Waals surface area (Å²) in [6, 6.07) is 6.69. The summed E-state index contributed by atoms with van der Waals surface area (Å²) in [5, 5.41) is 13.8. The Morgan fingerprint density at radius 1 is 1.14 bits per heavy atom. The fraction of sp³-hybridized carbons (Fsp3) is 0.333. The summed E-state index contributed by atoms with van der Waals surface area (Å²) >= 11 is 0.995. The molecule has 1 aliphatic rings. The van der Waals surface area contributed by atoms with E-state index >= 15 is 0 Å². The molecule has 1 saturated heterocycles. The van der Waals surface area contributed by atoms with Crippen molar-refractivity contribution in [2.75, 3.05) is 33.3 Å². The van der Waals surface area contributed by atoms with Gasteiger partial charge in [-0.1, -0.05) is 19.9 Å². The highest BCUT2D eigenvalue weighted by Crippen LogP contribution is 2.40. The second-order valence-corrected chi connectivity index (χ2v) is 8.74. The fourth-order valence-corrected chi connectivity index (χ4v) is 4.20. The van der Waals surface area contributed by atoms with Gasteiger partial charge in [-0.25, -0.2) is 0 Å². The first-order valence-electron chi connectivity index (χ1n) is 11.2. The van der Waals surface area contributed by atoms with Gasteiger partial charge in [0, 0.05) is 12.6 Å². The lowest BCUT2D eigenvalue weighted by Crippen LogP contribution is -2.27. The molecule has 0 unspecified atom stereocenters. The Hall–Kier alpha value is -3.58. The first kappa shape index (κ1) is 28.0. The van der Waals surface area contributed by atoms with E-state index in [1.807, 2.05) is 0 Å². The van der Waals surface area contributed by atoms with E-state index in [-0.39, 0.29) is 22.5 Å². The Labute approximate surface area is 215 Å². The number of nitro groups is 1. The van der Waals surface area contributed by atoms with Gasteiger partial charge >= 0.3 is 11.9 Å². The molecule has 1 aliphatic heterocycles. The molecule has 198 valence electrons. The molecule has 9 nitrogen and oxygen atoms in total. The summed E-state index contributed by atoms with van der Waals surface area (Å²) < 4.78 is 49.8. The van der Waals surface area contributed by atoms with Crippen molar-refractivity contribution in [3.8, 4) is 17.2 Å². The van der Waals surface area contributed by atoms with Gasteiger partial charge < -0.3 is 19.7 Å². The molecule has 0 atom stereocenters. The summed E-state index contributed by atoms with van der Waals surface area (Å²) in [4.78, 5) is 29.7. The molecule has 0 aromatic heterocycles. The van der Waals surface area contributed by atoms with E-state index < -0.39 is 22.4 Å². The SMILES string of the molecule is CCN(CC)CCN=C1NC(=O)SC1=Cc1ccc(Oc2ccc(C(F)(F)F)cc2[N+](=O)[O-])c(OC)c1. The van der Waals surface area contributed by atoms with E-state index in [1.165, 1.54) is 13.2 Å². The minimum absolute atomic E-state index is 0.0638. The second kappa shape index (κ2) is 12.1. The summed E-state index contributed by atoms with van der Waals surface area (Å²) in [7, 11) is 1.36. The average molecular weight is 539 g/mol. The zero-order valence-electron chi connectivity index (χ0n) is 20.3. The Bertz CT molecular complexity index is 1230. The van der Waals surface area contributed by atoms with Gasteiger partial charge in [-0.05, 0) is 60.8 Å². The van der Waals surface area contributed by atoms with Gasteiger partial charge in [0.2, 0.25) is 5.75 Å². The predicted molar refractivity (Wildman–Crippen MR) is 135 cm³/mol. The molecule has 1 fully saturated rings. The number of halogens is 3. The van der Waals surface area contributed by atoms with Gasteiger partial charge in [0.1, 0.15) is 5.84 Å². The van der Waals surface area contributed by atoms with Crippen LogP contribution in [-0.2, 0) is 6.18 Å². The molecule has 1 heterocycles. The topological polar surface area (TPSA) is 106 Å². The highest BCUT2D eigenvalue weighted by atomic mass is 32.2.